The first kappa shape index (κ1) is 14.8. The molecule has 2 aromatic carbocycles. The lowest BCUT2D eigenvalue weighted by molar-refractivity contribution is 0.0690. The van der Waals surface area contributed by atoms with Crippen LogP contribution in [0.4, 0.5) is 8.78 Å². The van der Waals surface area contributed by atoms with Crippen molar-refractivity contribution in [1.29, 1.82) is 0 Å². The van der Waals surface area contributed by atoms with Gasteiger partial charge in [0.1, 0.15) is 11.5 Å². The molecule has 0 aliphatic rings. The van der Waals surface area contributed by atoms with Crippen molar-refractivity contribution in [3.8, 4) is 22.6 Å². The number of aromatic carboxylic acids is 1. The van der Waals surface area contributed by atoms with Gasteiger partial charge in [-0.2, -0.15) is 0 Å². The van der Waals surface area contributed by atoms with Gasteiger partial charge in [0.05, 0.1) is 19.8 Å². The molecule has 0 aliphatic heterocycles. The summed E-state index contributed by atoms with van der Waals surface area (Å²) in [6.45, 7) is 0. The third-order valence-corrected chi connectivity index (χ3v) is 3.01. The number of benzene rings is 2. The van der Waals surface area contributed by atoms with E-state index in [9.17, 15) is 13.6 Å². The fraction of sp³-hybridized carbons (Fsp3) is 0.133. The molecule has 2 rings (SSSR count). The molecule has 0 aliphatic carbocycles. The number of carbonyl (C=O) groups is 1. The van der Waals surface area contributed by atoms with Crippen molar-refractivity contribution in [2.75, 3.05) is 14.2 Å². The molecule has 2 aromatic rings. The Balaban J connectivity index is 2.67. The molecule has 0 aromatic heterocycles. The molecule has 0 radical (unpaired) electrons. The zero-order chi connectivity index (χ0) is 15.6. The van der Waals surface area contributed by atoms with Gasteiger partial charge in [-0.3, -0.25) is 0 Å². The highest BCUT2D eigenvalue weighted by molar-refractivity contribution is 5.89. The average molecular weight is 294 g/mol. The van der Waals surface area contributed by atoms with E-state index >= 15 is 0 Å². The minimum absolute atomic E-state index is 0.103. The Bertz CT molecular complexity index is 698. The van der Waals surface area contributed by atoms with Crippen LogP contribution in [0.5, 0.6) is 11.5 Å². The van der Waals surface area contributed by atoms with E-state index in [-0.39, 0.29) is 11.1 Å². The van der Waals surface area contributed by atoms with Gasteiger partial charge >= 0.3 is 5.97 Å². The SMILES string of the molecule is COc1ccc(OC)c(-c2ccc(C(=O)O)c(F)c2F)c1. The maximum atomic E-state index is 14.1. The molecule has 4 nitrogen and oxygen atoms in total. The molecule has 0 heterocycles. The first-order valence-electron chi connectivity index (χ1n) is 5.93. The quantitative estimate of drug-likeness (QED) is 0.939. The largest absolute Gasteiger partial charge is 0.497 e. The third-order valence-electron chi connectivity index (χ3n) is 3.01. The monoisotopic (exact) mass is 294 g/mol. The van der Waals surface area contributed by atoms with E-state index in [4.69, 9.17) is 14.6 Å². The predicted octanol–water partition coefficient (Wildman–Crippen LogP) is 3.35. The van der Waals surface area contributed by atoms with Crippen molar-refractivity contribution in [3.63, 3.8) is 0 Å². The number of hydrogen-bond acceptors (Lipinski definition) is 3. The Morgan fingerprint density at radius 2 is 1.71 bits per heavy atom. The zero-order valence-electron chi connectivity index (χ0n) is 11.3. The molecule has 0 amide bonds. The van der Waals surface area contributed by atoms with Crippen molar-refractivity contribution in [2.24, 2.45) is 0 Å². The van der Waals surface area contributed by atoms with Crippen LogP contribution >= 0.6 is 0 Å². The minimum atomic E-state index is -1.53. The van der Waals surface area contributed by atoms with Crippen molar-refractivity contribution in [2.45, 2.75) is 0 Å². The lowest BCUT2D eigenvalue weighted by atomic mass is 10.0. The van der Waals surface area contributed by atoms with Gasteiger partial charge in [-0.25, -0.2) is 13.6 Å². The first-order chi connectivity index (χ1) is 9.99. The number of ether oxygens (including phenoxy) is 2. The predicted molar refractivity (Wildman–Crippen MR) is 71.9 cm³/mol. The standard InChI is InChI=1S/C15H12F2O4/c1-20-8-3-6-12(21-2)11(7-8)9-4-5-10(15(18)19)14(17)13(9)16/h3-7H,1-2H3,(H,18,19). The molecule has 0 unspecified atom stereocenters. The molecule has 0 saturated heterocycles. The second kappa shape index (κ2) is 5.78. The summed E-state index contributed by atoms with van der Waals surface area (Å²) >= 11 is 0. The molecular formula is C15H12F2O4. The second-order valence-electron chi connectivity index (χ2n) is 4.16. The number of carboxylic acids is 1. The van der Waals surface area contributed by atoms with Gasteiger partial charge in [0.2, 0.25) is 0 Å². The van der Waals surface area contributed by atoms with Crippen LogP contribution < -0.4 is 9.47 Å². The molecule has 0 fully saturated rings. The van der Waals surface area contributed by atoms with Crippen LogP contribution in [0.1, 0.15) is 10.4 Å². The summed E-state index contributed by atoms with van der Waals surface area (Å²) < 4.78 is 38.1. The van der Waals surface area contributed by atoms with Crippen molar-refractivity contribution >= 4 is 5.97 Å². The fourth-order valence-electron chi connectivity index (χ4n) is 1.95. The summed E-state index contributed by atoms with van der Waals surface area (Å²) in [4.78, 5) is 10.8. The molecule has 110 valence electrons. The Labute approximate surface area is 119 Å². The Morgan fingerprint density at radius 1 is 1.00 bits per heavy atom. The van der Waals surface area contributed by atoms with Crippen molar-refractivity contribution in [3.05, 3.63) is 47.5 Å². The maximum absolute atomic E-state index is 14.1. The molecule has 0 spiro atoms. The van der Waals surface area contributed by atoms with Crippen LogP contribution in [0.3, 0.4) is 0 Å². The summed E-state index contributed by atoms with van der Waals surface area (Å²) in [5, 5.41) is 8.78. The van der Waals surface area contributed by atoms with Gasteiger partial charge in [0.15, 0.2) is 11.6 Å². The van der Waals surface area contributed by atoms with E-state index in [0.29, 0.717) is 11.5 Å². The maximum Gasteiger partial charge on any atom is 0.338 e. The van der Waals surface area contributed by atoms with Gasteiger partial charge in [-0.05, 0) is 24.3 Å². The topological polar surface area (TPSA) is 55.8 Å². The summed E-state index contributed by atoms with van der Waals surface area (Å²) in [5.74, 6) is -3.44. The fourth-order valence-corrected chi connectivity index (χ4v) is 1.95. The smallest absolute Gasteiger partial charge is 0.338 e. The van der Waals surface area contributed by atoms with Gasteiger partial charge in [0.25, 0.3) is 0 Å². The number of carboxylic acid groups (broad SMARTS) is 1. The number of methoxy groups -OCH3 is 2. The first-order valence-corrected chi connectivity index (χ1v) is 5.93. The minimum Gasteiger partial charge on any atom is -0.497 e. The van der Waals surface area contributed by atoms with Gasteiger partial charge in [0, 0.05) is 11.1 Å². The third kappa shape index (κ3) is 2.65. The summed E-state index contributed by atoms with van der Waals surface area (Å²) in [5.41, 5.74) is -0.559. The number of hydrogen-bond donors (Lipinski definition) is 1. The van der Waals surface area contributed by atoms with Crippen LogP contribution in [-0.4, -0.2) is 25.3 Å². The van der Waals surface area contributed by atoms with Gasteiger partial charge in [-0.15, -0.1) is 0 Å². The molecule has 21 heavy (non-hydrogen) atoms. The lowest BCUT2D eigenvalue weighted by Gasteiger charge is -2.12. The van der Waals surface area contributed by atoms with Crippen LogP contribution in [0.15, 0.2) is 30.3 Å². The van der Waals surface area contributed by atoms with Crippen molar-refractivity contribution < 1.29 is 28.2 Å². The molecule has 1 N–H and O–H groups in total. The Morgan fingerprint density at radius 3 is 2.29 bits per heavy atom. The van der Waals surface area contributed by atoms with Crippen LogP contribution in [-0.2, 0) is 0 Å². The summed E-state index contributed by atoms with van der Waals surface area (Å²) in [6.07, 6.45) is 0. The summed E-state index contributed by atoms with van der Waals surface area (Å²) in [6, 6.07) is 6.85. The van der Waals surface area contributed by atoms with E-state index < -0.39 is 23.2 Å². The van der Waals surface area contributed by atoms with Crippen LogP contribution in [0, 0.1) is 11.6 Å². The Hall–Kier alpha value is -2.63. The number of halogens is 2. The van der Waals surface area contributed by atoms with E-state index in [0.717, 1.165) is 6.07 Å². The summed E-state index contributed by atoms with van der Waals surface area (Å²) in [7, 11) is 2.83. The lowest BCUT2D eigenvalue weighted by Crippen LogP contribution is -2.04. The average Bonchev–Trinajstić information content (AvgIpc) is 2.49. The van der Waals surface area contributed by atoms with Crippen LogP contribution in [0.2, 0.25) is 0 Å². The highest BCUT2D eigenvalue weighted by Crippen LogP contribution is 2.36. The van der Waals surface area contributed by atoms with E-state index in [1.54, 1.807) is 12.1 Å². The van der Waals surface area contributed by atoms with Gasteiger partial charge < -0.3 is 14.6 Å². The van der Waals surface area contributed by atoms with Crippen LogP contribution in [0.25, 0.3) is 11.1 Å². The van der Waals surface area contributed by atoms with Gasteiger partial charge in [-0.1, -0.05) is 6.07 Å². The van der Waals surface area contributed by atoms with E-state index in [2.05, 4.69) is 0 Å². The van der Waals surface area contributed by atoms with E-state index in [1.165, 1.54) is 26.4 Å². The Kier molecular flexibility index (Phi) is 4.07. The molecule has 6 heteroatoms. The normalized spacial score (nSPS) is 10.3. The van der Waals surface area contributed by atoms with E-state index in [1.807, 2.05) is 0 Å². The molecule has 0 atom stereocenters. The molecule has 0 saturated carbocycles. The second-order valence-corrected chi connectivity index (χ2v) is 4.16. The molecular weight excluding hydrogens is 282 g/mol. The molecule has 0 bridgehead atoms. The van der Waals surface area contributed by atoms with Crippen molar-refractivity contribution in [1.82, 2.24) is 0 Å². The highest BCUT2D eigenvalue weighted by Gasteiger charge is 2.20. The highest BCUT2D eigenvalue weighted by atomic mass is 19.2. The number of rotatable bonds is 4. The zero-order valence-corrected chi connectivity index (χ0v) is 11.3.